The Labute approximate surface area is 108 Å². The summed E-state index contributed by atoms with van der Waals surface area (Å²) in [6.07, 6.45) is -3.66. The third-order valence-corrected chi connectivity index (χ3v) is 3.30. The minimum absolute atomic E-state index is 0.0299. The number of aryl methyl sites for hydroxylation is 1. The van der Waals surface area contributed by atoms with E-state index >= 15 is 0 Å². The van der Waals surface area contributed by atoms with E-state index < -0.39 is 18.0 Å². The third-order valence-electron chi connectivity index (χ3n) is 3.30. The van der Waals surface area contributed by atoms with Crippen LogP contribution in [-0.4, -0.2) is 45.3 Å². The van der Waals surface area contributed by atoms with E-state index in [9.17, 15) is 18.0 Å². The van der Waals surface area contributed by atoms with Crippen molar-refractivity contribution in [2.24, 2.45) is 5.92 Å². The number of aromatic nitrogens is 3. The molecule has 0 saturated carbocycles. The third kappa shape index (κ3) is 3.05. The number of likely N-dealkylation sites (tertiary alicyclic amines) is 1. The quantitative estimate of drug-likeness (QED) is 0.895. The van der Waals surface area contributed by atoms with Crippen LogP contribution < -0.4 is 0 Å². The molecule has 0 unspecified atom stereocenters. The number of aromatic amines is 1. The Kier molecular flexibility index (Phi) is 3.77. The molecule has 1 fully saturated rings. The number of nitrogens with zero attached hydrogens (tertiary/aromatic N) is 3. The largest absolute Gasteiger partial charge is 0.391 e. The smallest absolute Gasteiger partial charge is 0.336 e. The number of rotatable bonds is 2. The highest BCUT2D eigenvalue weighted by atomic mass is 19.4. The summed E-state index contributed by atoms with van der Waals surface area (Å²) in [6, 6.07) is 0. The fraction of sp³-hybridized carbons (Fsp3) is 0.727. The Hall–Kier alpha value is -1.60. The Morgan fingerprint density at radius 3 is 2.53 bits per heavy atom. The van der Waals surface area contributed by atoms with E-state index in [-0.39, 0.29) is 31.8 Å². The van der Waals surface area contributed by atoms with Crippen molar-refractivity contribution in [1.82, 2.24) is 20.1 Å². The molecule has 5 nitrogen and oxygen atoms in total. The topological polar surface area (TPSA) is 61.9 Å². The van der Waals surface area contributed by atoms with E-state index in [0.717, 1.165) is 0 Å². The number of piperidine rings is 1. The summed E-state index contributed by atoms with van der Waals surface area (Å²) in [5.41, 5.74) is 0. The molecule has 0 atom stereocenters. The van der Waals surface area contributed by atoms with Crippen molar-refractivity contribution in [2.75, 3.05) is 13.1 Å². The first-order chi connectivity index (χ1) is 8.91. The molecule has 0 bridgehead atoms. The lowest BCUT2D eigenvalue weighted by Gasteiger charge is -2.32. The number of alkyl halides is 3. The molecular weight excluding hydrogens is 261 g/mol. The van der Waals surface area contributed by atoms with Gasteiger partial charge in [-0.15, -0.1) is 5.10 Å². The van der Waals surface area contributed by atoms with Gasteiger partial charge in [-0.05, 0) is 12.8 Å². The molecule has 1 N–H and O–H groups in total. The predicted octanol–water partition coefficient (Wildman–Crippen LogP) is 1.78. The van der Waals surface area contributed by atoms with Crippen LogP contribution in [0.1, 0.15) is 36.2 Å². The van der Waals surface area contributed by atoms with Crippen LogP contribution in [0.3, 0.4) is 0 Å². The molecule has 2 heterocycles. The van der Waals surface area contributed by atoms with Gasteiger partial charge >= 0.3 is 6.18 Å². The first-order valence-corrected chi connectivity index (χ1v) is 6.19. The molecule has 1 aliphatic rings. The normalized spacial score (nSPS) is 17.8. The summed E-state index contributed by atoms with van der Waals surface area (Å²) < 4.78 is 37.5. The number of halogens is 3. The maximum atomic E-state index is 12.5. The zero-order valence-corrected chi connectivity index (χ0v) is 10.5. The van der Waals surface area contributed by atoms with Crippen LogP contribution in [0.4, 0.5) is 13.2 Å². The van der Waals surface area contributed by atoms with Crippen LogP contribution in [-0.2, 0) is 6.42 Å². The SMILES string of the molecule is CCc1nc(C(=O)N2CCC(C(F)(F)F)CC2)n[nH]1. The highest BCUT2D eigenvalue weighted by Crippen LogP contribution is 2.34. The van der Waals surface area contributed by atoms with Crippen molar-refractivity contribution in [3.63, 3.8) is 0 Å². The van der Waals surface area contributed by atoms with Crippen molar-refractivity contribution in [3.05, 3.63) is 11.6 Å². The maximum Gasteiger partial charge on any atom is 0.391 e. The fourth-order valence-corrected chi connectivity index (χ4v) is 2.10. The minimum Gasteiger partial charge on any atom is -0.336 e. The van der Waals surface area contributed by atoms with E-state index in [4.69, 9.17) is 0 Å². The molecule has 1 saturated heterocycles. The van der Waals surface area contributed by atoms with Crippen LogP contribution in [0.5, 0.6) is 0 Å². The molecule has 1 aromatic heterocycles. The van der Waals surface area contributed by atoms with E-state index in [0.29, 0.717) is 12.2 Å². The van der Waals surface area contributed by atoms with Gasteiger partial charge in [0, 0.05) is 19.5 Å². The van der Waals surface area contributed by atoms with Crippen LogP contribution in [0, 0.1) is 5.92 Å². The van der Waals surface area contributed by atoms with Crippen molar-refractivity contribution < 1.29 is 18.0 Å². The first kappa shape index (κ1) is 13.8. The highest BCUT2D eigenvalue weighted by Gasteiger charge is 2.42. The molecule has 0 aromatic carbocycles. The van der Waals surface area contributed by atoms with Gasteiger partial charge in [0.1, 0.15) is 5.82 Å². The second kappa shape index (κ2) is 5.18. The second-order valence-electron chi connectivity index (χ2n) is 4.57. The average molecular weight is 276 g/mol. The molecule has 19 heavy (non-hydrogen) atoms. The fourth-order valence-electron chi connectivity index (χ4n) is 2.10. The summed E-state index contributed by atoms with van der Waals surface area (Å²) in [7, 11) is 0. The zero-order valence-electron chi connectivity index (χ0n) is 10.5. The number of hydrogen-bond acceptors (Lipinski definition) is 3. The van der Waals surface area contributed by atoms with Gasteiger partial charge in [0.15, 0.2) is 0 Å². The Bertz CT molecular complexity index is 449. The molecule has 2 rings (SSSR count). The van der Waals surface area contributed by atoms with Crippen molar-refractivity contribution in [2.45, 2.75) is 32.4 Å². The van der Waals surface area contributed by atoms with Crippen molar-refractivity contribution in [3.8, 4) is 0 Å². The standard InChI is InChI=1S/C11H15F3N4O/c1-2-8-15-9(17-16-8)10(19)18-5-3-7(4-6-18)11(12,13)14/h7H,2-6H2,1H3,(H,15,16,17). The van der Waals surface area contributed by atoms with Crippen LogP contribution in [0.15, 0.2) is 0 Å². The first-order valence-electron chi connectivity index (χ1n) is 6.19. The van der Waals surface area contributed by atoms with Gasteiger partial charge in [-0.2, -0.15) is 13.2 Å². The monoisotopic (exact) mass is 276 g/mol. The van der Waals surface area contributed by atoms with Gasteiger partial charge < -0.3 is 4.90 Å². The molecule has 1 amide bonds. The van der Waals surface area contributed by atoms with E-state index in [1.54, 1.807) is 0 Å². The molecular formula is C11H15F3N4O. The molecule has 1 aliphatic heterocycles. The second-order valence-corrected chi connectivity index (χ2v) is 4.57. The summed E-state index contributed by atoms with van der Waals surface area (Å²) >= 11 is 0. The van der Waals surface area contributed by atoms with Gasteiger partial charge in [-0.1, -0.05) is 6.92 Å². The van der Waals surface area contributed by atoms with E-state index in [1.807, 2.05) is 6.92 Å². The van der Waals surface area contributed by atoms with Gasteiger partial charge in [-0.25, -0.2) is 4.98 Å². The van der Waals surface area contributed by atoms with Crippen LogP contribution in [0.25, 0.3) is 0 Å². The molecule has 0 spiro atoms. The van der Waals surface area contributed by atoms with Gasteiger partial charge in [0.05, 0.1) is 5.92 Å². The molecule has 8 heteroatoms. The van der Waals surface area contributed by atoms with Crippen molar-refractivity contribution >= 4 is 5.91 Å². The zero-order chi connectivity index (χ0) is 14.0. The van der Waals surface area contributed by atoms with E-state index in [1.165, 1.54) is 4.90 Å². The number of amides is 1. The summed E-state index contributed by atoms with van der Waals surface area (Å²) in [6.45, 7) is 2.06. The lowest BCUT2D eigenvalue weighted by Crippen LogP contribution is -2.42. The Balaban J connectivity index is 1.96. The van der Waals surface area contributed by atoms with Gasteiger partial charge in [0.25, 0.3) is 5.91 Å². The maximum absolute atomic E-state index is 12.5. The molecule has 0 radical (unpaired) electrons. The average Bonchev–Trinajstić information content (AvgIpc) is 2.86. The van der Waals surface area contributed by atoms with Gasteiger partial charge in [-0.3, -0.25) is 9.89 Å². The Morgan fingerprint density at radius 2 is 2.05 bits per heavy atom. The molecule has 0 aliphatic carbocycles. The molecule has 106 valence electrons. The number of carbonyl (C=O) groups is 1. The minimum atomic E-state index is -4.17. The number of carbonyl (C=O) groups excluding carboxylic acids is 1. The van der Waals surface area contributed by atoms with Gasteiger partial charge in [0.2, 0.25) is 5.82 Å². The summed E-state index contributed by atoms with van der Waals surface area (Å²) in [4.78, 5) is 17.4. The summed E-state index contributed by atoms with van der Waals surface area (Å²) in [5.74, 6) is -1.10. The number of nitrogens with one attached hydrogen (secondary N) is 1. The number of H-pyrrole nitrogens is 1. The van der Waals surface area contributed by atoms with Crippen LogP contribution >= 0.6 is 0 Å². The van der Waals surface area contributed by atoms with Crippen LogP contribution in [0.2, 0.25) is 0 Å². The number of hydrogen-bond donors (Lipinski definition) is 1. The van der Waals surface area contributed by atoms with E-state index in [2.05, 4.69) is 15.2 Å². The Morgan fingerprint density at radius 1 is 1.42 bits per heavy atom. The summed E-state index contributed by atoms with van der Waals surface area (Å²) in [5, 5.41) is 6.40. The van der Waals surface area contributed by atoms with Crippen molar-refractivity contribution in [1.29, 1.82) is 0 Å². The predicted molar refractivity (Wildman–Crippen MR) is 60.4 cm³/mol. The molecule has 1 aromatic rings. The lowest BCUT2D eigenvalue weighted by molar-refractivity contribution is -0.183. The lowest BCUT2D eigenvalue weighted by atomic mass is 9.96. The highest BCUT2D eigenvalue weighted by molar-refractivity contribution is 5.90.